The topological polar surface area (TPSA) is 29.0 Å². The Morgan fingerprint density at radius 3 is 2.79 bits per heavy atom. The van der Waals surface area contributed by atoms with Crippen LogP contribution in [0, 0.1) is 0 Å². The number of aromatic nitrogens is 2. The molecule has 0 unspecified atom stereocenters. The Labute approximate surface area is 92.7 Å². The molecule has 0 saturated heterocycles. The number of anilines is 1. The number of hydrogen-bond acceptors (Lipinski definition) is 3. The van der Waals surface area contributed by atoms with Crippen LogP contribution in [0.1, 0.15) is 31.5 Å². The van der Waals surface area contributed by atoms with E-state index in [0.717, 1.165) is 22.8 Å². The first-order valence-corrected chi connectivity index (χ1v) is 5.75. The van der Waals surface area contributed by atoms with Crippen LogP contribution in [0.15, 0.2) is 10.7 Å². The zero-order valence-corrected chi connectivity index (χ0v) is 10.1. The summed E-state index contributed by atoms with van der Waals surface area (Å²) < 4.78 is 0.893. The minimum absolute atomic E-state index is 0.608. The van der Waals surface area contributed by atoms with Crippen molar-refractivity contribution in [3.05, 3.63) is 16.5 Å². The van der Waals surface area contributed by atoms with Crippen molar-refractivity contribution in [2.24, 2.45) is 0 Å². The third-order valence-corrected chi connectivity index (χ3v) is 2.91. The summed E-state index contributed by atoms with van der Waals surface area (Å²) in [6.07, 6.45) is 2.48. The minimum atomic E-state index is 0.608. The zero-order valence-electron chi connectivity index (χ0n) is 8.50. The van der Waals surface area contributed by atoms with E-state index in [-0.39, 0.29) is 0 Å². The summed E-state index contributed by atoms with van der Waals surface area (Å²) in [5, 5.41) is 0. The zero-order chi connectivity index (χ0) is 10.1. The van der Waals surface area contributed by atoms with Gasteiger partial charge >= 0.3 is 0 Å². The second-order valence-electron chi connectivity index (χ2n) is 3.70. The van der Waals surface area contributed by atoms with E-state index in [1.807, 2.05) is 13.1 Å². The Bertz CT molecular complexity index is 336. The van der Waals surface area contributed by atoms with Crippen LogP contribution in [-0.4, -0.2) is 23.6 Å². The Balaban J connectivity index is 2.30. The summed E-state index contributed by atoms with van der Waals surface area (Å²) >= 11 is 3.43. The number of halogens is 1. The molecule has 4 heteroatoms. The molecule has 0 radical (unpaired) electrons. The Hall–Kier alpha value is -0.640. The monoisotopic (exact) mass is 255 g/mol. The second kappa shape index (κ2) is 3.85. The van der Waals surface area contributed by atoms with Crippen LogP contribution in [0.25, 0.3) is 0 Å². The van der Waals surface area contributed by atoms with Gasteiger partial charge < -0.3 is 4.90 Å². The van der Waals surface area contributed by atoms with Crippen LogP contribution >= 0.6 is 15.9 Å². The summed E-state index contributed by atoms with van der Waals surface area (Å²) in [5.74, 6) is 2.61. The first kappa shape index (κ1) is 9.90. The Kier molecular flexibility index (Phi) is 2.72. The third kappa shape index (κ3) is 2.05. The van der Waals surface area contributed by atoms with E-state index in [4.69, 9.17) is 0 Å². The molecule has 1 saturated carbocycles. The van der Waals surface area contributed by atoms with Gasteiger partial charge in [0.2, 0.25) is 0 Å². The van der Waals surface area contributed by atoms with Crippen molar-refractivity contribution >= 4 is 21.7 Å². The van der Waals surface area contributed by atoms with Crippen LogP contribution in [0.2, 0.25) is 0 Å². The molecule has 0 bridgehead atoms. The highest BCUT2D eigenvalue weighted by Crippen LogP contribution is 2.38. The van der Waals surface area contributed by atoms with E-state index in [0.29, 0.717) is 5.92 Å². The number of rotatable bonds is 3. The molecule has 0 aliphatic heterocycles. The SMILES string of the molecule is CCN(C)c1cc(Br)nc(C2CC2)n1. The summed E-state index contributed by atoms with van der Waals surface area (Å²) in [7, 11) is 2.05. The fraction of sp³-hybridized carbons (Fsp3) is 0.600. The van der Waals surface area contributed by atoms with Gasteiger partial charge in [0.25, 0.3) is 0 Å². The smallest absolute Gasteiger partial charge is 0.135 e. The maximum Gasteiger partial charge on any atom is 0.135 e. The van der Waals surface area contributed by atoms with E-state index in [1.165, 1.54) is 12.8 Å². The molecular weight excluding hydrogens is 242 g/mol. The summed E-state index contributed by atoms with van der Waals surface area (Å²) in [5.41, 5.74) is 0. The van der Waals surface area contributed by atoms with Gasteiger partial charge in [0, 0.05) is 25.6 Å². The molecule has 14 heavy (non-hydrogen) atoms. The van der Waals surface area contributed by atoms with Crippen molar-refractivity contribution in [1.82, 2.24) is 9.97 Å². The van der Waals surface area contributed by atoms with Gasteiger partial charge in [-0.25, -0.2) is 9.97 Å². The van der Waals surface area contributed by atoms with Crippen molar-refractivity contribution < 1.29 is 0 Å². The molecule has 0 N–H and O–H groups in total. The van der Waals surface area contributed by atoms with Crippen LogP contribution in [0.4, 0.5) is 5.82 Å². The normalized spacial score (nSPS) is 15.6. The predicted octanol–water partition coefficient (Wildman–Crippen LogP) is 2.57. The molecule has 0 aromatic carbocycles. The molecule has 0 atom stereocenters. The lowest BCUT2D eigenvalue weighted by Crippen LogP contribution is -2.18. The summed E-state index contributed by atoms with van der Waals surface area (Å²) in [6, 6.07) is 1.97. The lowest BCUT2D eigenvalue weighted by atomic mass is 10.4. The average molecular weight is 256 g/mol. The lowest BCUT2D eigenvalue weighted by Gasteiger charge is -2.16. The van der Waals surface area contributed by atoms with Gasteiger partial charge in [-0.2, -0.15) is 0 Å². The first-order chi connectivity index (χ1) is 6.70. The Morgan fingerprint density at radius 2 is 2.21 bits per heavy atom. The molecule has 1 aliphatic rings. The van der Waals surface area contributed by atoms with Crippen molar-refractivity contribution in [2.45, 2.75) is 25.7 Å². The van der Waals surface area contributed by atoms with E-state index in [9.17, 15) is 0 Å². The second-order valence-corrected chi connectivity index (χ2v) is 4.51. The summed E-state index contributed by atoms with van der Waals surface area (Å²) in [4.78, 5) is 11.1. The molecule has 1 aliphatic carbocycles. The minimum Gasteiger partial charge on any atom is -0.360 e. The molecule has 1 heterocycles. The predicted molar refractivity (Wildman–Crippen MR) is 60.7 cm³/mol. The van der Waals surface area contributed by atoms with Crippen LogP contribution in [0.5, 0.6) is 0 Å². The maximum atomic E-state index is 4.55. The van der Waals surface area contributed by atoms with Gasteiger partial charge in [-0.05, 0) is 35.7 Å². The molecule has 76 valence electrons. The number of hydrogen-bond donors (Lipinski definition) is 0. The third-order valence-electron chi connectivity index (χ3n) is 2.51. The molecular formula is C10H14BrN3. The van der Waals surface area contributed by atoms with Crippen LogP contribution in [-0.2, 0) is 0 Å². The van der Waals surface area contributed by atoms with Gasteiger partial charge in [0.05, 0.1) is 0 Å². The summed E-state index contributed by atoms with van der Waals surface area (Å²) in [6.45, 7) is 3.08. The lowest BCUT2D eigenvalue weighted by molar-refractivity contribution is 0.867. The average Bonchev–Trinajstić information content (AvgIpc) is 2.98. The Morgan fingerprint density at radius 1 is 1.50 bits per heavy atom. The molecule has 3 nitrogen and oxygen atoms in total. The molecule has 1 fully saturated rings. The molecule has 0 spiro atoms. The highest BCUT2D eigenvalue weighted by molar-refractivity contribution is 9.10. The molecule has 2 rings (SSSR count). The fourth-order valence-electron chi connectivity index (χ4n) is 1.30. The van der Waals surface area contributed by atoms with Gasteiger partial charge in [-0.3, -0.25) is 0 Å². The van der Waals surface area contributed by atoms with Crippen molar-refractivity contribution in [1.29, 1.82) is 0 Å². The first-order valence-electron chi connectivity index (χ1n) is 4.96. The molecule has 1 aromatic rings. The fourth-order valence-corrected chi connectivity index (χ4v) is 1.69. The van der Waals surface area contributed by atoms with Gasteiger partial charge in [0.1, 0.15) is 16.2 Å². The van der Waals surface area contributed by atoms with Gasteiger partial charge in [0.15, 0.2) is 0 Å². The van der Waals surface area contributed by atoms with E-state index >= 15 is 0 Å². The van der Waals surface area contributed by atoms with Crippen LogP contribution < -0.4 is 4.90 Å². The quantitative estimate of drug-likeness (QED) is 0.778. The highest BCUT2D eigenvalue weighted by atomic mass is 79.9. The van der Waals surface area contributed by atoms with Crippen molar-refractivity contribution in [3.63, 3.8) is 0 Å². The van der Waals surface area contributed by atoms with Gasteiger partial charge in [-0.1, -0.05) is 0 Å². The van der Waals surface area contributed by atoms with Crippen molar-refractivity contribution in [3.8, 4) is 0 Å². The maximum absolute atomic E-state index is 4.55. The largest absolute Gasteiger partial charge is 0.360 e. The molecule has 0 amide bonds. The van der Waals surface area contributed by atoms with E-state index in [1.54, 1.807) is 0 Å². The number of nitrogens with zero attached hydrogens (tertiary/aromatic N) is 3. The van der Waals surface area contributed by atoms with E-state index < -0.39 is 0 Å². The van der Waals surface area contributed by atoms with Gasteiger partial charge in [-0.15, -0.1) is 0 Å². The van der Waals surface area contributed by atoms with Crippen LogP contribution in [0.3, 0.4) is 0 Å². The molecule has 1 aromatic heterocycles. The standard InChI is InChI=1S/C10H14BrN3/c1-3-14(2)9-6-8(11)12-10(13-9)7-4-5-7/h6-7H,3-5H2,1-2H3. The van der Waals surface area contributed by atoms with E-state index in [2.05, 4.69) is 37.7 Å². The van der Waals surface area contributed by atoms with Crippen molar-refractivity contribution in [2.75, 3.05) is 18.5 Å². The highest BCUT2D eigenvalue weighted by Gasteiger charge is 2.27.